The van der Waals surface area contributed by atoms with Gasteiger partial charge in [0.05, 0.1) is 17.9 Å². The molecule has 1 fully saturated rings. The van der Waals surface area contributed by atoms with Crippen LogP contribution >= 0.6 is 15.9 Å². The second-order valence-corrected chi connectivity index (χ2v) is 12.4. The summed E-state index contributed by atoms with van der Waals surface area (Å²) in [5.74, 6) is -2.47. The SMILES string of the molecule is Cn1nnc(COc2ccc(Br)c3c2[C@@H](CN2Cc4ccccc4C2=O)N(C(=O)C2CCCC[C@H]2C(=O)O)CC3)c1C(F)F. The fourth-order valence-electron chi connectivity index (χ4n) is 6.89. The van der Waals surface area contributed by atoms with Crippen molar-refractivity contribution in [1.29, 1.82) is 0 Å². The Kier molecular flexibility index (Phi) is 8.40. The number of rotatable bonds is 8. The molecule has 1 N–H and O–H groups in total. The minimum absolute atomic E-state index is 0.00358. The normalized spacial score (nSPS) is 21.4. The van der Waals surface area contributed by atoms with Crippen LogP contribution in [0.15, 0.2) is 40.9 Å². The van der Waals surface area contributed by atoms with Crippen molar-refractivity contribution in [2.24, 2.45) is 18.9 Å². The summed E-state index contributed by atoms with van der Waals surface area (Å²) in [7, 11) is 1.39. The van der Waals surface area contributed by atoms with Crippen LogP contribution in [0, 0.1) is 11.8 Å². The molecule has 0 spiro atoms. The number of carbonyl (C=O) groups excluding carboxylic acids is 2. The van der Waals surface area contributed by atoms with E-state index in [4.69, 9.17) is 4.74 Å². The Bertz CT molecular complexity index is 1610. The summed E-state index contributed by atoms with van der Waals surface area (Å²) < 4.78 is 35.4. The molecule has 13 heteroatoms. The number of amides is 2. The number of aliphatic carboxylic acids is 1. The number of nitrogens with zero attached hydrogens (tertiary/aromatic N) is 5. The molecular weight excluding hydrogens is 640 g/mol. The highest BCUT2D eigenvalue weighted by Gasteiger charge is 2.44. The van der Waals surface area contributed by atoms with Crippen LogP contribution in [0.4, 0.5) is 8.78 Å². The lowest BCUT2D eigenvalue weighted by atomic mass is 9.77. The van der Waals surface area contributed by atoms with E-state index in [1.807, 2.05) is 24.3 Å². The van der Waals surface area contributed by atoms with Gasteiger partial charge in [-0.1, -0.05) is 52.2 Å². The van der Waals surface area contributed by atoms with Crippen molar-refractivity contribution in [3.63, 3.8) is 0 Å². The standard InChI is InChI=1S/C31H32BrF2N5O5/c1-37-27(28(33)34)23(35-36-37)16-44-25-11-10-22(32)21-12-13-39(30(41)19-8-4-5-9-20(19)31(42)43)24(26(21)25)15-38-14-17-6-2-3-7-18(17)29(38)40/h2-3,6-7,10-11,19-20,24,28H,4-5,8-9,12-16H2,1H3,(H,42,43)/t19?,20-,24-/m1/s1. The van der Waals surface area contributed by atoms with Gasteiger partial charge in [-0.15, -0.1) is 5.10 Å². The first kappa shape index (κ1) is 30.2. The van der Waals surface area contributed by atoms with Gasteiger partial charge < -0.3 is 19.6 Å². The zero-order valence-corrected chi connectivity index (χ0v) is 25.7. The zero-order chi connectivity index (χ0) is 31.1. The van der Waals surface area contributed by atoms with Crippen molar-refractivity contribution < 1.29 is 33.0 Å². The van der Waals surface area contributed by atoms with Crippen LogP contribution in [0.3, 0.4) is 0 Å². The topological polar surface area (TPSA) is 118 Å². The quantitative estimate of drug-likeness (QED) is 0.355. The van der Waals surface area contributed by atoms with E-state index >= 15 is 0 Å². The summed E-state index contributed by atoms with van der Waals surface area (Å²) in [4.78, 5) is 43.3. The number of ether oxygens (including phenoxy) is 1. The van der Waals surface area contributed by atoms with Crippen LogP contribution in [0.25, 0.3) is 0 Å². The molecule has 2 aliphatic heterocycles. The lowest BCUT2D eigenvalue weighted by Gasteiger charge is -2.43. The molecule has 3 aromatic rings. The Morgan fingerprint density at radius 3 is 2.61 bits per heavy atom. The van der Waals surface area contributed by atoms with Crippen LogP contribution < -0.4 is 4.74 Å². The van der Waals surface area contributed by atoms with E-state index in [9.17, 15) is 28.3 Å². The van der Waals surface area contributed by atoms with Gasteiger partial charge >= 0.3 is 5.97 Å². The van der Waals surface area contributed by atoms with E-state index in [-0.39, 0.29) is 36.4 Å². The van der Waals surface area contributed by atoms with Crippen molar-refractivity contribution in [3.8, 4) is 5.75 Å². The lowest BCUT2D eigenvalue weighted by Crippen LogP contribution is -2.50. The molecule has 44 heavy (non-hydrogen) atoms. The monoisotopic (exact) mass is 671 g/mol. The Morgan fingerprint density at radius 1 is 1.14 bits per heavy atom. The maximum Gasteiger partial charge on any atom is 0.307 e. The molecule has 6 rings (SSSR count). The molecule has 2 aromatic carbocycles. The predicted molar refractivity (Wildman–Crippen MR) is 157 cm³/mol. The fraction of sp³-hybridized carbons (Fsp3) is 0.452. The summed E-state index contributed by atoms with van der Waals surface area (Å²) in [6.07, 6.45) is 0.0902. The van der Waals surface area contributed by atoms with Gasteiger partial charge in [-0.3, -0.25) is 14.4 Å². The number of carboxylic acids is 1. The van der Waals surface area contributed by atoms with Crippen molar-refractivity contribution in [2.45, 2.75) is 57.7 Å². The van der Waals surface area contributed by atoms with E-state index in [1.165, 1.54) is 7.05 Å². The lowest BCUT2D eigenvalue weighted by molar-refractivity contribution is -0.153. The molecule has 1 saturated carbocycles. The van der Waals surface area contributed by atoms with Gasteiger partial charge in [-0.05, 0) is 48.6 Å². The van der Waals surface area contributed by atoms with Gasteiger partial charge in [-0.2, -0.15) is 0 Å². The van der Waals surface area contributed by atoms with E-state index in [2.05, 4.69) is 26.2 Å². The smallest absolute Gasteiger partial charge is 0.307 e. The molecule has 3 heterocycles. The Balaban J connectivity index is 1.39. The first-order chi connectivity index (χ1) is 21.2. The van der Waals surface area contributed by atoms with Gasteiger partial charge in [0.2, 0.25) is 5.91 Å². The fourth-order valence-corrected chi connectivity index (χ4v) is 7.43. The summed E-state index contributed by atoms with van der Waals surface area (Å²) in [5.41, 5.74) is 2.68. The maximum atomic E-state index is 14.3. The first-order valence-corrected chi connectivity index (χ1v) is 15.5. The van der Waals surface area contributed by atoms with Crippen LogP contribution in [0.2, 0.25) is 0 Å². The average Bonchev–Trinajstić information content (AvgIpc) is 3.55. The molecule has 1 unspecified atom stereocenters. The molecule has 0 radical (unpaired) electrons. The van der Waals surface area contributed by atoms with Crippen LogP contribution in [0.5, 0.6) is 5.75 Å². The molecule has 0 saturated heterocycles. The third kappa shape index (κ3) is 5.46. The highest BCUT2D eigenvalue weighted by atomic mass is 79.9. The number of aromatic nitrogens is 3. The number of carbonyl (C=O) groups is 3. The third-order valence-electron chi connectivity index (χ3n) is 9.06. The zero-order valence-electron chi connectivity index (χ0n) is 24.1. The molecule has 3 aliphatic rings. The van der Waals surface area contributed by atoms with Gasteiger partial charge in [0, 0.05) is 42.3 Å². The minimum Gasteiger partial charge on any atom is -0.487 e. The van der Waals surface area contributed by atoms with E-state index in [0.717, 1.165) is 33.1 Å². The van der Waals surface area contributed by atoms with Crippen LogP contribution in [-0.2, 0) is 36.2 Å². The molecule has 2 amide bonds. The summed E-state index contributed by atoms with van der Waals surface area (Å²) in [5, 5.41) is 17.5. The second-order valence-electron chi connectivity index (χ2n) is 11.5. The number of halogens is 3. The average molecular weight is 673 g/mol. The highest BCUT2D eigenvalue weighted by molar-refractivity contribution is 9.10. The van der Waals surface area contributed by atoms with Crippen molar-refractivity contribution in [2.75, 3.05) is 13.1 Å². The molecule has 10 nitrogen and oxygen atoms in total. The Hall–Kier alpha value is -3.87. The number of fused-ring (bicyclic) bond motifs is 2. The Morgan fingerprint density at radius 2 is 1.89 bits per heavy atom. The van der Waals surface area contributed by atoms with Crippen LogP contribution in [-0.4, -0.2) is 60.8 Å². The van der Waals surface area contributed by atoms with Crippen molar-refractivity contribution >= 4 is 33.7 Å². The molecule has 3 atom stereocenters. The van der Waals surface area contributed by atoms with Gasteiger partial charge in [0.15, 0.2) is 0 Å². The number of alkyl halides is 2. The van der Waals surface area contributed by atoms with Crippen molar-refractivity contribution in [3.05, 3.63) is 74.5 Å². The molecule has 232 valence electrons. The van der Waals surface area contributed by atoms with E-state index < -0.39 is 30.3 Å². The second kappa shape index (κ2) is 12.3. The van der Waals surface area contributed by atoms with E-state index in [1.54, 1.807) is 21.9 Å². The summed E-state index contributed by atoms with van der Waals surface area (Å²) in [6, 6.07) is 10.2. The molecule has 1 aliphatic carbocycles. The van der Waals surface area contributed by atoms with Gasteiger partial charge in [0.1, 0.15) is 23.7 Å². The van der Waals surface area contributed by atoms with Gasteiger partial charge in [-0.25, -0.2) is 13.5 Å². The third-order valence-corrected chi connectivity index (χ3v) is 9.80. The van der Waals surface area contributed by atoms with Crippen molar-refractivity contribution in [1.82, 2.24) is 24.8 Å². The van der Waals surface area contributed by atoms with Crippen LogP contribution in [0.1, 0.15) is 76.6 Å². The summed E-state index contributed by atoms with van der Waals surface area (Å²) >= 11 is 3.64. The number of carboxylic acid groups (broad SMARTS) is 1. The predicted octanol–water partition coefficient (Wildman–Crippen LogP) is 5.07. The molecule has 1 aromatic heterocycles. The first-order valence-electron chi connectivity index (χ1n) is 14.7. The molecular formula is C31H32BrF2N5O5. The highest BCUT2D eigenvalue weighted by Crippen LogP contribution is 2.44. The number of hydrogen-bond donors (Lipinski definition) is 1. The summed E-state index contributed by atoms with van der Waals surface area (Å²) in [6.45, 7) is 0.568. The largest absolute Gasteiger partial charge is 0.487 e. The van der Waals surface area contributed by atoms with Gasteiger partial charge in [0.25, 0.3) is 12.3 Å². The minimum atomic E-state index is -2.80. The van der Waals surface area contributed by atoms with E-state index in [0.29, 0.717) is 49.2 Å². The number of benzene rings is 2. The molecule has 0 bridgehead atoms. The Labute approximate surface area is 261 Å². The number of aryl methyl sites for hydroxylation is 1. The number of hydrogen-bond acceptors (Lipinski definition) is 6. The maximum absolute atomic E-state index is 14.3.